The molecule has 1 aromatic carbocycles. The number of nitrogens with one attached hydrogen (secondary N) is 1. The highest BCUT2D eigenvalue weighted by atomic mass is 79.9. The van der Waals surface area contributed by atoms with Gasteiger partial charge in [0.25, 0.3) is 5.91 Å². The van der Waals surface area contributed by atoms with Gasteiger partial charge in [0.15, 0.2) is 0 Å². The fraction of sp³-hybridized carbons (Fsp3) is 0.500. The van der Waals surface area contributed by atoms with Gasteiger partial charge in [-0.1, -0.05) is 29.8 Å². The monoisotopic (exact) mass is 331 g/mol. The van der Waals surface area contributed by atoms with Crippen LogP contribution in [0.4, 0.5) is 0 Å². The Bertz CT molecular complexity index is 401. The van der Waals surface area contributed by atoms with Gasteiger partial charge in [-0.05, 0) is 43.5 Å². The maximum atomic E-state index is 12.3. The van der Waals surface area contributed by atoms with Gasteiger partial charge in [0.1, 0.15) is 0 Å². The van der Waals surface area contributed by atoms with Gasteiger partial charge in [-0.15, -0.1) is 11.6 Å². The highest BCUT2D eigenvalue weighted by Gasteiger charge is 2.27. The molecule has 0 aromatic heterocycles. The molecule has 0 aliphatic heterocycles. The number of halogens is 2. The van der Waals surface area contributed by atoms with Crippen molar-refractivity contribution in [3.05, 3.63) is 33.8 Å². The summed E-state index contributed by atoms with van der Waals surface area (Å²) in [5.74, 6) is 0.363. The Balaban J connectivity index is 2.94. The van der Waals surface area contributed by atoms with E-state index < -0.39 is 0 Å². The first-order valence-electron chi connectivity index (χ1n) is 6.12. The zero-order chi connectivity index (χ0) is 13.8. The SMILES string of the molecule is CCC(CC)(CCl)NC(=O)c1cc(C)cc(Br)c1. The first-order chi connectivity index (χ1) is 8.46. The third-order valence-electron chi connectivity index (χ3n) is 3.29. The summed E-state index contributed by atoms with van der Waals surface area (Å²) in [7, 11) is 0. The highest BCUT2D eigenvalue weighted by molar-refractivity contribution is 9.10. The molecule has 100 valence electrons. The summed E-state index contributed by atoms with van der Waals surface area (Å²) in [5, 5.41) is 3.06. The number of aryl methyl sites for hydroxylation is 1. The van der Waals surface area contributed by atoms with E-state index >= 15 is 0 Å². The molecule has 0 radical (unpaired) electrons. The first-order valence-corrected chi connectivity index (χ1v) is 7.44. The van der Waals surface area contributed by atoms with E-state index in [4.69, 9.17) is 11.6 Å². The van der Waals surface area contributed by atoms with Crippen LogP contribution in [0.2, 0.25) is 0 Å². The lowest BCUT2D eigenvalue weighted by Crippen LogP contribution is -2.49. The molecule has 1 N–H and O–H groups in total. The Morgan fingerprint density at radius 1 is 1.33 bits per heavy atom. The van der Waals surface area contributed by atoms with E-state index in [1.165, 1.54) is 0 Å². The molecule has 0 aliphatic rings. The van der Waals surface area contributed by atoms with Crippen molar-refractivity contribution in [2.24, 2.45) is 0 Å². The van der Waals surface area contributed by atoms with Crippen LogP contribution in [0.1, 0.15) is 42.6 Å². The molecule has 0 heterocycles. The number of rotatable bonds is 5. The normalized spacial score (nSPS) is 11.4. The summed E-state index contributed by atoms with van der Waals surface area (Å²) in [4.78, 5) is 12.3. The van der Waals surface area contributed by atoms with Crippen LogP contribution < -0.4 is 5.32 Å². The lowest BCUT2D eigenvalue weighted by atomic mass is 9.94. The molecule has 0 unspecified atom stereocenters. The molecular formula is C14H19BrClNO. The molecule has 1 rings (SSSR count). The number of hydrogen-bond acceptors (Lipinski definition) is 1. The maximum absolute atomic E-state index is 12.3. The van der Waals surface area contributed by atoms with Crippen molar-refractivity contribution >= 4 is 33.4 Å². The van der Waals surface area contributed by atoms with Crippen molar-refractivity contribution in [3.8, 4) is 0 Å². The third kappa shape index (κ3) is 3.72. The Kier molecular flexibility index (Phi) is 5.67. The molecule has 0 atom stereocenters. The molecule has 1 aromatic rings. The first kappa shape index (κ1) is 15.5. The van der Waals surface area contributed by atoms with E-state index in [-0.39, 0.29) is 11.4 Å². The van der Waals surface area contributed by atoms with Crippen LogP contribution in [0.5, 0.6) is 0 Å². The standard InChI is InChI=1S/C14H19BrClNO/c1-4-14(5-2,9-16)17-13(18)11-6-10(3)7-12(15)8-11/h6-8H,4-5,9H2,1-3H3,(H,17,18). The van der Waals surface area contributed by atoms with Gasteiger partial charge in [-0.2, -0.15) is 0 Å². The Hall–Kier alpha value is -0.540. The van der Waals surface area contributed by atoms with E-state index in [0.717, 1.165) is 22.9 Å². The van der Waals surface area contributed by atoms with Crippen molar-refractivity contribution in [3.63, 3.8) is 0 Å². The summed E-state index contributed by atoms with van der Waals surface area (Å²) in [6.45, 7) is 6.05. The quantitative estimate of drug-likeness (QED) is 0.801. The second kappa shape index (κ2) is 6.58. The lowest BCUT2D eigenvalue weighted by molar-refractivity contribution is 0.0902. The molecule has 0 saturated carbocycles. The molecule has 1 amide bonds. The molecule has 0 spiro atoms. The number of carbonyl (C=O) groups is 1. The van der Waals surface area contributed by atoms with Crippen LogP contribution >= 0.6 is 27.5 Å². The lowest BCUT2D eigenvalue weighted by Gasteiger charge is -2.30. The largest absolute Gasteiger partial charge is 0.345 e. The Labute approximate surface area is 122 Å². The molecule has 0 fully saturated rings. The summed E-state index contributed by atoms with van der Waals surface area (Å²) >= 11 is 9.40. The van der Waals surface area contributed by atoms with Crippen LogP contribution in [0, 0.1) is 6.92 Å². The van der Waals surface area contributed by atoms with E-state index in [1.54, 1.807) is 0 Å². The average Bonchev–Trinajstić information content (AvgIpc) is 2.35. The predicted molar refractivity (Wildman–Crippen MR) is 80.4 cm³/mol. The number of amides is 1. The van der Waals surface area contributed by atoms with Crippen molar-refractivity contribution in [2.45, 2.75) is 39.2 Å². The molecule has 0 saturated heterocycles. The van der Waals surface area contributed by atoms with Crippen molar-refractivity contribution in [2.75, 3.05) is 5.88 Å². The fourth-order valence-corrected chi connectivity index (χ4v) is 2.88. The number of alkyl halides is 1. The smallest absolute Gasteiger partial charge is 0.251 e. The van der Waals surface area contributed by atoms with Gasteiger partial charge >= 0.3 is 0 Å². The highest BCUT2D eigenvalue weighted by Crippen LogP contribution is 2.20. The van der Waals surface area contributed by atoms with Crippen molar-refractivity contribution in [1.82, 2.24) is 5.32 Å². The molecule has 4 heteroatoms. The van der Waals surface area contributed by atoms with E-state index in [0.29, 0.717) is 11.4 Å². The van der Waals surface area contributed by atoms with Gasteiger partial charge in [0, 0.05) is 15.9 Å². The number of benzene rings is 1. The fourth-order valence-electron chi connectivity index (χ4n) is 1.83. The predicted octanol–water partition coefficient (Wildman–Crippen LogP) is 4.28. The van der Waals surface area contributed by atoms with Crippen LogP contribution in [-0.4, -0.2) is 17.3 Å². The van der Waals surface area contributed by atoms with Crippen LogP contribution in [0.3, 0.4) is 0 Å². The second-order valence-corrected chi connectivity index (χ2v) is 5.78. The Morgan fingerprint density at radius 2 is 1.94 bits per heavy atom. The topological polar surface area (TPSA) is 29.1 Å². The van der Waals surface area contributed by atoms with Gasteiger partial charge in [-0.25, -0.2) is 0 Å². The summed E-state index contributed by atoms with van der Waals surface area (Å²) in [6, 6.07) is 5.68. The average molecular weight is 333 g/mol. The minimum absolute atomic E-state index is 0.0660. The minimum atomic E-state index is -0.311. The molecule has 2 nitrogen and oxygen atoms in total. The van der Waals surface area contributed by atoms with E-state index in [1.807, 2.05) is 39.0 Å². The number of carbonyl (C=O) groups excluding carboxylic acids is 1. The van der Waals surface area contributed by atoms with E-state index in [9.17, 15) is 4.79 Å². The molecular weight excluding hydrogens is 314 g/mol. The van der Waals surface area contributed by atoms with Crippen LogP contribution in [0.15, 0.2) is 22.7 Å². The number of hydrogen-bond donors (Lipinski definition) is 1. The van der Waals surface area contributed by atoms with Crippen LogP contribution in [-0.2, 0) is 0 Å². The summed E-state index contributed by atoms with van der Waals surface area (Å²) < 4.78 is 0.914. The van der Waals surface area contributed by atoms with Gasteiger partial charge in [-0.3, -0.25) is 4.79 Å². The Morgan fingerprint density at radius 3 is 2.39 bits per heavy atom. The molecule has 0 bridgehead atoms. The van der Waals surface area contributed by atoms with E-state index in [2.05, 4.69) is 21.2 Å². The maximum Gasteiger partial charge on any atom is 0.251 e. The summed E-state index contributed by atoms with van der Waals surface area (Å²) in [5.41, 5.74) is 1.41. The zero-order valence-corrected chi connectivity index (χ0v) is 13.4. The third-order valence-corrected chi connectivity index (χ3v) is 4.26. The molecule has 0 aliphatic carbocycles. The minimum Gasteiger partial charge on any atom is -0.345 e. The molecule has 18 heavy (non-hydrogen) atoms. The van der Waals surface area contributed by atoms with Crippen molar-refractivity contribution < 1.29 is 4.79 Å². The van der Waals surface area contributed by atoms with Gasteiger partial charge in [0.05, 0.1) is 5.54 Å². The van der Waals surface area contributed by atoms with Gasteiger partial charge in [0.2, 0.25) is 0 Å². The zero-order valence-electron chi connectivity index (χ0n) is 11.0. The summed E-state index contributed by atoms with van der Waals surface area (Å²) in [6.07, 6.45) is 1.65. The second-order valence-electron chi connectivity index (χ2n) is 4.59. The van der Waals surface area contributed by atoms with Crippen LogP contribution in [0.25, 0.3) is 0 Å². The van der Waals surface area contributed by atoms with Crippen molar-refractivity contribution in [1.29, 1.82) is 0 Å². The van der Waals surface area contributed by atoms with Gasteiger partial charge < -0.3 is 5.32 Å².